The summed E-state index contributed by atoms with van der Waals surface area (Å²) in [4.78, 5) is 57.8. The number of quaternary nitrogens is 4. The Kier molecular flexibility index (Phi) is 94.7. The first-order valence-corrected chi connectivity index (χ1v) is 10.1. The van der Waals surface area contributed by atoms with E-state index < -0.39 is 35.6 Å². The molecule has 34 nitrogen and oxygen atoms in total. The third kappa shape index (κ3) is 628. The van der Waals surface area contributed by atoms with Gasteiger partial charge in [0, 0.05) is 12.8 Å². The van der Waals surface area contributed by atoms with Gasteiger partial charge in [0.25, 0.3) is 0 Å². The Labute approximate surface area is 275 Å². The molecular formula is C10H34LaN11O23+2. The van der Waals surface area contributed by atoms with Gasteiger partial charge in [-0.3, -0.25) is 0 Å². The fourth-order valence-electron chi connectivity index (χ4n) is 1.86. The molecule has 268 valence electrons. The van der Waals surface area contributed by atoms with Gasteiger partial charge < -0.3 is 139 Å². The third-order valence-corrected chi connectivity index (χ3v) is 2.78. The largest absolute Gasteiger partial charge is 3.00 e. The second-order valence-corrected chi connectivity index (χ2v) is 5.74. The van der Waals surface area contributed by atoms with Crippen LogP contribution in [0.4, 0.5) is 0 Å². The molecule has 0 unspecified atom stereocenters. The molecule has 2 heterocycles. The zero-order valence-electron chi connectivity index (χ0n) is 22.8. The molecule has 14 N–H and O–H groups in total. The maximum Gasteiger partial charge on any atom is 3.00 e. The van der Waals surface area contributed by atoms with Gasteiger partial charge in [-0.15, -0.1) is 0 Å². The monoisotopic (exact) mass is 815 g/mol. The van der Waals surface area contributed by atoms with E-state index in [1.807, 2.05) is 0 Å². The second kappa shape index (κ2) is 62.8. The molecule has 0 atom stereocenters. The van der Waals surface area contributed by atoms with Crippen molar-refractivity contribution in [3.05, 3.63) is 107 Å². The average Bonchev–Trinajstić information content (AvgIpc) is 3.22. The minimum absolute atomic E-state index is 0. The summed E-state index contributed by atoms with van der Waals surface area (Å²) in [5, 5.41) is 113. The van der Waals surface area contributed by atoms with Crippen molar-refractivity contribution in [2.24, 2.45) is 0 Å². The van der Waals surface area contributed by atoms with Crippen LogP contribution in [-0.4, -0.2) is 88.0 Å². The van der Waals surface area contributed by atoms with Crippen LogP contribution in [0.25, 0.3) is 0 Å². The molecule has 2 aliphatic heterocycles. The molecule has 2 saturated heterocycles. The molecule has 0 aromatic heterocycles. The van der Waals surface area contributed by atoms with E-state index in [1.54, 1.807) is 0 Å². The summed E-state index contributed by atoms with van der Waals surface area (Å²) in [6.07, 6.45) is 2.78. The Morgan fingerprint density at radius 1 is 0.289 bits per heavy atom. The average molecular weight is 815 g/mol. The molecule has 0 saturated carbocycles. The quantitative estimate of drug-likeness (QED) is 0.100. The zero-order chi connectivity index (χ0) is 34.9. The van der Waals surface area contributed by atoms with Crippen molar-refractivity contribution >= 4 is 0 Å². The molecule has 0 amide bonds. The van der Waals surface area contributed by atoms with Crippen LogP contribution in [0.2, 0.25) is 0 Å². The number of rotatable bonds is 0. The van der Waals surface area contributed by atoms with Crippen molar-refractivity contribution in [3.8, 4) is 0 Å². The van der Waals surface area contributed by atoms with Crippen molar-refractivity contribution in [2.45, 2.75) is 12.8 Å². The molecule has 0 aromatic rings. The van der Waals surface area contributed by atoms with Gasteiger partial charge in [-0.2, -0.15) is 0 Å². The van der Waals surface area contributed by atoms with E-state index in [0.717, 1.165) is 0 Å². The smallest absolute Gasteiger partial charge is 0.457 e. The maximum atomic E-state index is 8.25. The molecule has 0 aliphatic carbocycles. The first-order valence-electron chi connectivity index (χ1n) is 10.1. The van der Waals surface area contributed by atoms with Crippen molar-refractivity contribution < 1.29 is 103 Å². The van der Waals surface area contributed by atoms with Crippen LogP contribution in [0.3, 0.4) is 0 Å². The van der Waals surface area contributed by atoms with Crippen molar-refractivity contribution in [1.29, 1.82) is 0 Å². The second-order valence-electron chi connectivity index (χ2n) is 5.74. The molecule has 0 radical (unpaired) electrons. The molecule has 2 rings (SSSR count). The summed E-state index contributed by atoms with van der Waals surface area (Å²) >= 11 is 0. The molecule has 0 aromatic carbocycles. The molecule has 35 heteroatoms. The Morgan fingerprint density at radius 2 is 0.378 bits per heavy atom. The van der Waals surface area contributed by atoms with E-state index in [-0.39, 0.29) is 46.6 Å². The van der Waals surface area contributed by atoms with Crippen LogP contribution in [-0.2, 0) is 11.0 Å². The van der Waals surface area contributed by atoms with Crippen LogP contribution >= 0.6 is 0 Å². The van der Waals surface area contributed by atoms with Gasteiger partial charge in [0.15, 0.2) is 0 Å². The molecule has 0 spiro atoms. The van der Waals surface area contributed by atoms with E-state index >= 15 is 0 Å². The van der Waals surface area contributed by atoms with Gasteiger partial charge >= 0.3 is 35.6 Å². The van der Waals surface area contributed by atoms with Crippen LogP contribution in [0.15, 0.2) is 0 Å². The van der Waals surface area contributed by atoms with Gasteiger partial charge in [0.1, 0.15) is 26.2 Å². The van der Waals surface area contributed by atoms with Crippen LogP contribution in [0, 0.1) is 143 Å². The zero-order valence-corrected chi connectivity index (χ0v) is 26.4. The standard InChI is InChI=1S/2C5H12N2.La.7NO3.2H2O/c2*1-2-6-4-5-7-3-1;;7*2-1(3)4;;/h2*6-7H,1-5H2;;;;;;;;;2*1H2/q;;+3;7*-1;;/p+6. The summed E-state index contributed by atoms with van der Waals surface area (Å²) in [5.41, 5.74) is 0. The summed E-state index contributed by atoms with van der Waals surface area (Å²) in [6, 6.07) is 0. The first-order chi connectivity index (χ1) is 19.1. The van der Waals surface area contributed by atoms with Gasteiger partial charge in [0.2, 0.25) is 0 Å². The topological polar surface area (TPSA) is 596 Å². The molecule has 45 heavy (non-hydrogen) atoms. The van der Waals surface area contributed by atoms with Crippen LogP contribution in [0.1, 0.15) is 12.8 Å². The fourth-order valence-corrected chi connectivity index (χ4v) is 1.86. The van der Waals surface area contributed by atoms with Crippen LogP contribution in [0.5, 0.6) is 0 Å². The fraction of sp³-hybridized carbons (Fsp3) is 1.00. The summed E-state index contributed by atoms with van der Waals surface area (Å²) < 4.78 is 0. The first kappa shape index (κ1) is 67.8. The van der Waals surface area contributed by atoms with Gasteiger partial charge in [-0.1, -0.05) is 0 Å². The molecule has 0 bridgehead atoms. The predicted molar refractivity (Wildman–Crippen MR) is 138 cm³/mol. The van der Waals surface area contributed by atoms with E-state index in [9.17, 15) is 0 Å². The minimum atomic E-state index is -1.75. The maximum absolute atomic E-state index is 8.25. The third-order valence-electron chi connectivity index (χ3n) is 2.78. The van der Waals surface area contributed by atoms with Gasteiger partial charge in [-0.25, -0.2) is 0 Å². The van der Waals surface area contributed by atoms with Crippen molar-refractivity contribution in [3.63, 3.8) is 0 Å². The van der Waals surface area contributed by atoms with E-state index in [2.05, 4.69) is 21.3 Å². The predicted octanol–water partition coefficient (Wildman–Crippen LogP) is -8.48. The Hall–Kier alpha value is -4.65. The summed E-state index contributed by atoms with van der Waals surface area (Å²) in [6.45, 7) is 10.7. The van der Waals surface area contributed by atoms with Crippen molar-refractivity contribution in [2.75, 3.05) is 52.4 Å². The van der Waals surface area contributed by atoms with E-state index in [1.165, 1.54) is 65.2 Å². The Morgan fingerprint density at radius 3 is 0.467 bits per heavy atom. The van der Waals surface area contributed by atoms with E-state index in [0.29, 0.717) is 0 Å². The normalized spacial score (nSPS) is 11.2. The van der Waals surface area contributed by atoms with Gasteiger partial charge in [0.05, 0.1) is 61.8 Å². The summed E-state index contributed by atoms with van der Waals surface area (Å²) in [5.74, 6) is 0. The Bertz CT molecular complexity index is 495. The van der Waals surface area contributed by atoms with Crippen molar-refractivity contribution in [1.82, 2.24) is 0 Å². The Balaban J connectivity index is -0.0000000385. The number of nitrogens with two attached hydrogens (primary N) is 4. The SMILES string of the molecule is C1C[NH2+]CC[NH2+]C1.C1C[NH2+]CC[NH2+]C1.O=[N+]([O-])[O-].O=[N+]([O-])[O-].O=[N+]([O-])[O-].O=[N+]([O-])[O-].O=[N+]([O-])[O-].O=[N+]([O-])[O-].O=[N+]([O-])[O-].[La+3].[OH3+].[OH3+]. The molecule has 2 fully saturated rings. The molecule has 2 aliphatic rings. The van der Waals surface area contributed by atoms with Crippen LogP contribution < -0.4 is 21.3 Å². The summed E-state index contributed by atoms with van der Waals surface area (Å²) in [7, 11) is 0. The number of nitrogens with zero attached hydrogens (tertiary/aromatic N) is 7. The van der Waals surface area contributed by atoms with Gasteiger partial charge in [-0.05, 0) is 0 Å². The minimum Gasteiger partial charge on any atom is -0.457 e. The van der Waals surface area contributed by atoms with E-state index in [4.69, 9.17) is 107 Å². The number of hydrogen-bond acceptors (Lipinski definition) is 21. The number of hydrogen-bond donors (Lipinski definition) is 4. The molecular weight excluding hydrogens is 781 g/mol.